The molecule has 0 aliphatic carbocycles. The molecule has 0 unspecified atom stereocenters. The lowest BCUT2D eigenvalue weighted by atomic mass is 10.2. The molecule has 0 atom stereocenters. The van der Waals surface area contributed by atoms with Gasteiger partial charge >= 0.3 is 0 Å². The van der Waals surface area contributed by atoms with Crippen LogP contribution in [0.2, 0.25) is 0 Å². The SMILES string of the molecule is COCCOCCCCN=C(NCCc1cccs1)Nc1ccc2c(c1)OCCCO2.I. The Bertz CT molecular complexity index is 790. The summed E-state index contributed by atoms with van der Waals surface area (Å²) in [6.45, 7) is 4.91. The van der Waals surface area contributed by atoms with Crippen LogP contribution in [0.1, 0.15) is 24.1 Å². The number of nitrogens with one attached hydrogen (secondary N) is 2. The Morgan fingerprint density at radius 1 is 1.09 bits per heavy atom. The predicted molar refractivity (Wildman–Crippen MR) is 141 cm³/mol. The lowest BCUT2D eigenvalue weighted by molar-refractivity contribution is 0.0690. The number of hydrogen-bond acceptors (Lipinski definition) is 6. The van der Waals surface area contributed by atoms with Crippen molar-refractivity contribution in [3.8, 4) is 11.5 Å². The summed E-state index contributed by atoms with van der Waals surface area (Å²) in [7, 11) is 1.68. The molecule has 0 fully saturated rings. The first-order chi connectivity index (χ1) is 15.3. The summed E-state index contributed by atoms with van der Waals surface area (Å²) in [6.07, 6.45) is 3.79. The minimum atomic E-state index is 0. The van der Waals surface area contributed by atoms with Crippen molar-refractivity contribution >= 4 is 47.0 Å². The fraction of sp³-hybridized carbons (Fsp3) is 0.522. The fourth-order valence-electron chi connectivity index (χ4n) is 3.03. The van der Waals surface area contributed by atoms with Crippen molar-refractivity contribution in [3.63, 3.8) is 0 Å². The van der Waals surface area contributed by atoms with Gasteiger partial charge in [-0.15, -0.1) is 35.3 Å². The van der Waals surface area contributed by atoms with Gasteiger partial charge in [0.25, 0.3) is 0 Å². The molecule has 3 rings (SSSR count). The van der Waals surface area contributed by atoms with Crippen LogP contribution in [0.4, 0.5) is 5.69 Å². The minimum absolute atomic E-state index is 0. The lowest BCUT2D eigenvalue weighted by Crippen LogP contribution is -2.32. The molecular weight excluding hydrogens is 541 g/mol. The van der Waals surface area contributed by atoms with Gasteiger partial charge in [-0.3, -0.25) is 4.99 Å². The molecule has 1 aliphatic rings. The van der Waals surface area contributed by atoms with Crippen molar-refractivity contribution in [1.29, 1.82) is 0 Å². The van der Waals surface area contributed by atoms with E-state index in [0.717, 1.165) is 68.5 Å². The number of ether oxygens (including phenoxy) is 4. The van der Waals surface area contributed by atoms with Gasteiger partial charge < -0.3 is 29.6 Å². The number of aliphatic imine (C=N–C) groups is 1. The molecule has 0 amide bonds. The van der Waals surface area contributed by atoms with Crippen LogP contribution in [-0.4, -0.2) is 59.2 Å². The molecule has 9 heteroatoms. The monoisotopic (exact) mass is 575 g/mol. The van der Waals surface area contributed by atoms with Gasteiger partial charge in [0.2, 0.25) is 0 Å². The van der Waals surface area contributed by atoms with E-state index in [9.17, 15) is 0 Å². The number of hydrogen-bond donors (Lipinski definition) is 2. The highest BCUT2D eigenvalue weighted by atomic mass is 127. The third-order valence-corrected chi connectivity index (χ3v) is 5.59. The molecule has 1 aromatic heterocycles. The molecule has 1 aliphatic heterocycles. The zero-order chi connectivity index (χ0) is 21.6. The molecule has 0 bridgehead atoms. The van der Waals surface area contributed by atoms with Gasteiger partial charge in [-0.1, -0.05) is 6.07 Å². The van der Waals surface area contributed by atoms with Gasteiger partial charge in [-0.25, -0.2) is 0 Å². The van der Waals surface area contributed by atoms with Gasteiger partial charge in [0.15, 0.2) is 17.5 Å². The van der Waals surface area contributed by atoms with E-state index < -0.39 is 0 Å². The fourth-order valence-corrected chi connectivity index (χ4v) is 3.74. The van der Waals surface area contributed by atoms with Crippen LogP contribution in [0.25, 0.3) is 0 Å². The van der Waals surface area contributed by atoms with Gasteiger partial charge in [0.05, 0.1) is 26.4 Å². The van der Waals surface area contributed by atoms with Gasteiger partial charge in [0.1, 0.15) is 0 Å². The second-order valence-corrected chi connectivity index (χ2v) is 8.17. The van der Waals surface area contributed by atoms with Gasteiger partial charge in [0, 0.05) is 49.9 Å². The van der Waals surface area contributed by atoms with E-state index in [-0.39, 0.29) is 24.0 Å². The first-order valence-electron chi connectivity index (χ1n) is 10.9. The molecule has 1 aromatic carbocycles. The van der Waals surface area contributed by atoms with Crippen LogP contribution in [0.15, 0.2) is 40.7 Å². The molecular formula is C23H34IN3O4S. The Morgan fingerprint density at radius 3 is 2.78 bits per heavy atom. The molecule has 7 nitrogen and oxygen atoms in total. The number of unbranched alkanes of at least 4 members (excludes halogenated alkanes) is 1. The van der Waals surface area contributed by atoms with E-state index in [2.05, 4.69) is 28.1 Å². The van der Waals surface area contributed by atoms with E-state index in [4.69, 9.17) is 23.9 Å². The maximum atomic E-state index is 5.81. The molecule has 178 valence electrons. The minimum Gasteiger partial charge on any atom is -0.490 e. The van der Waals surface area contributed by atoms with Crippen molar-refractivity contribution in [1.82, 2.24) is 5.32 Å². The number of thiophene rings is 1. The molecule has 2 aromatic rings. The topological polar surface area (TPSA) is 73.3 Å². The number of nitrogens with zero attached hydrogens (tertiary/aromatic N) is 1. The van der Waals surface area contributed by atoms with Crippen molar-refractivity contribution < 1.29 is 18.9 Å². The smallest absolute Gasteiger partial charge is 0.195 e. The molecule has 0 saturated heterocycles. The van der Waals surface area contributed by atoms with Crippen molar-refractivity contribution in [2.45, 2.75) is 25.7 Å². The summed E-state index contributed by atoms with van der Waals surface area (Å²) in [5, 5.41) is 8.96. The highest BCUT2D eigenvalue weighted by molar-refractivity contribution is 14.0. The summed E-state index contributed by atoms with van der Waals surface area (Å²) in [6, 6.07) is 10.2. The van der Waals surface area contributed by atoms with Crippen molar-refractivity contribution in [2.75, 3.05) is 58.6 Å². The first-order valence-corrected chi connectivity index (χ1v) is 11.8. The average Bonchev–Trinajstić information content (AvgIpc) is 3.19. The first kappa shape index (κ1) is 26.7. The average molecular weight is 576 g/mol. The summed E-state index contributed by atoms with van der Waals surface area (Å²) in [4.78, 5) is 6.10. The normalized spacial score (nSPS) is 13.2. The molecule has 2 heterocycles. The summed E-state index contributed by atoms with van der Waals surface area (Å²) in [5.74, 6) is 2.33. The number of anilines is 1. The maximum Gasteiger partial charge on any atom is 0.195 e. The number of rotatable bonds is 12. The molecule has 32 heavy (non-hydrogen) atoms. The standard InChI is InChI=1S/C23H33N3O4S.HI/c1-27-15-16-28-12-3-2-10-24-23(25-11-9-20-6-4-17-31-20)26-19-7-8-21-22(18-19)30-14-5-13-29-21;/h4,6-8,17-18H,2-3,5,9-16H2,1H3,(H2,24,25,26);1H. The van der Waals surface area contributed by atoms with Crippen LogP contribution >= 0.6 is 35.3 Å². The van der Waals surface area contributed by atoms with E-state index in [1.807, 2.05) is 18.2 Å². The molecule has 0 saturated carbocycles. The highest BCUT2D eigenvalue weighted by Gasteiger charge is 2.11. The van der Waals surface area contributed by atoms with Crippen LogP contribution in [0.5, 0.6) is 11.5 Å². The third-order valence-electron chi connectivity index (χ3n) is 4.65. The number of methoxy groups -OCH3 is 1. The number of halogens is 1. The third kappa shape index (κ3) is 9.93. The Morgan fingerprint density at radius 2 is 1.97 bits per heavy atom. The van der Waals surface area contributed by atoms with Crippen molar-refractivity contribution in [3.05, 3.63) is 40.6 Å². The zero-order valence-electron chi connectivity index (χ0n) is 18.6. The Labute approximate surface area is 211 Å². The second-order valence-electron chi connectivity index (χ2n) is 7.14. The number of guanidine groups is 1. The van der Waals surface area contributed by atoms with Gasteiger partial charge in [-0.05, 0) is 42.8 Å². The number of fused-ring (bicyclic) bond motifs is 1. The summed E-state index contributed by atoms with van der Waals surface area (Å²) >= 11 is 1.77. The summed E-state index contributed by atoms with van der Waals surface area (Å²) in [5.41, 5.74) is 0.925. The predicted octanol–water partition coefficient (Wildman–Crippen LogP) is 4.57. The van der Waals surface area contributed by atoms with Crippen LogP contribution in [-0.2, 0) is 15.9 Å². The Kier molecular flexibility index (Phi) is 13.4. The highest BCUT2D eigenvalue weighted by Crippen LogP contribution is 2.32. The second kappa shape index (κ2) is 16.1. The van der Waals surface area contributed by atoms with E-state index >= 15 is 0 Å². The maximum absolute atomic E-state index is 5.81. The van der Waals surface area contributed by atoms with E-state index in [1.54, 1.807) is 18.4 Å². The molecule has 0 radical (unpaired) electrons. The largest absolute Gasteiger partial charge is 0.490 e. The molecule has 2 N–H and O–H groups in total. The van der Waals surface area contributed by atoms with Crippen LogP contribution in [0, 0.1) is 0 Å². The van der Waals surface area contributed by atoms with E-state index in [1.165, 1.54) is 4.88 Å². The number of benzene rings is 1. The summed E-state index contributed by atoms with van der Waals surface area (Å²) < 4.78 is 22.0. The Balaban J connectivity index is 0.00000363. The van der Waals surface area contributed by atoms with E-state index in [0.29, 0.717) is 26.4 Å². The van der Waals surface area contributed by atoms with Crippen LogP contribution < -0.4 is 20.1 Å². The lowest BCUT2D eigenvalue weighted by Gasteiger charge is -2.14. The van der Waals surface area contributed by atoms with Crippen molar-refractivity contribution in [2.24, 2.45) is 4.99 Å². The van der Waals surface area contributed by atoms with Gasteiger partial charge in [-0.2, -0.15) is 0 Å². The van der Waals surface area contributed by atoms with Crippen LogP contribution in [0.3, 0.4) is 0 Å². The Hall–Kier alpha value is -1.56. The zero-order valence-corrected chi connectivity index (χ0v) is 21.8. The quantitative estimate of drug-likeness (QED) is 0.167. The molecule has 0 spiro atoms.